The van der Waals surface area contributed by atoms with Gasteiger partial charge >= 0.3 is 21.4 Å². The average molecular weight is 1510 g/mol. The zero-order valence-corrected chi connectivity index (χ0v) is 67.4. The van der Waals surface area contributed by atoms with Crippen molar-refractivity contribution in [1.29, 1.82) is 0 Å². The fraction of sp³-hybridized carbons (Fsp3) is 0.173. The fourth-order valence-electron chi connectivity index (χ4n) is 17.0. The average Bonchev–Trinajstić information content (AvgIpc) is 1.58. The van der Waals surface area contributed by atoms with Gasteiger partial charge in [-0.2, -0.15) is 0 Å². The van der Waals surface area contributed by atoms with Gasteiger partial charge in [-0.25, -0.2) is 0 Å². The molecule has 0 amide bonds. The van der Waals surface area contributed by atoms with E-state index in [2.05, 4.69) is 386 Å². The Morgan fingerprint density at radius 2 is 0.560 bits per heavy atom. The molecule has 3 aromatic heterocycles. The minimum atomic E-state index is -0.455. The highest BCUT2D eigenvalue weighted by Crippen LogP contribution is 2.45. The second kappa shape index (κ2) is 27.4. The van der Waals surface area contributed by atoms with Gasteiger partial charge in [-0.15, -0.1) is 0 Å². The lowest BCUT2D eigenvalue weighted by atomic mass is 9.71. The molecule has 0 spiro atoms. The maximum absolute atomic E-state index is 6.58. The lowest BCUT2D eigenvalue weighted by Gasteiger charge is -2.32. The van der Waals surface area contributed by atoms with E-state index in [0.717, 1.165) is 143 Å². The van der Waals surface area contributed by atoms with Gasteiger partial charge in [-0.05, 0) is 276 Å². The van der Waals surface area contributed by atoms with Crippen molar-refractivity contribution in [2.75, 3.05) is 0 Å². The summed E-state index contributed by atoms with van der Waals surface area (Å²) in [4.78, 5) is 0. The molecule has 6 heterocycles. The number of furan rings is 3. The van der Waals surface area contributed by atoms with Crippen LogP contribution >= 0.6 is 0 Å². The predicted molar refractivity (Wildman–Crippen MR) is 483 cm³/mol. The Morgan fingerprint density at radius 3 is 1.10 bits per heavy atom. The first kappa shape index (κ1) is 73.1. The third-order valence-electron chi connectivity index (χ3n) is 25.7. The van der Waals surface area contributed by atoms with E-state index < -0.39 is 36.6 Å². The van der Waals surface area contributed by atoms with Crippen LogP contribution in [0, 0.1) is 0 Å². The molecule has 566 valence electrons. The number of hydrogen-bond donors (Lipinski definition) is 0. The van der Waals surface area contributed by atoms with E-state index in [-0.39, 0.29) is 18.3 Å². The summed E-state index contributed by atoms with van der Waals surface area (Å²) in [5.74, 6) is 0. The first-order valence-electron chi connectivity index (χ1n) is 40.3. The van der Waals surface area contributed by atoms with Crippen LogP contribution < -0.4 is 16.4 Å². The SMILES string of the molecule is CC1(C)OB(c2c(-c3ccc(-c4ccc5oc6cc7ccccc7cc6c5c4)cc3)ccc3ccccc23)OC1(C)C.CC1(C)OB(c2cc(-c3ccccc3)cc(-c3ccc4oc5cc6ccccc6cc5c4c3)c2)OC1(C)C.CC1(C)OB(c2cccc(-c3cccc4c3ccc3c5cc6ccccc6cc5oc43)c2)OC1(C)C. The summed E-state index contributed by atoms with van der Waals surface area (Å²) in [5, 5.41) is 18.6. The lowest BCUT2D eigenvalue weighted by molar-refractivity contribution is 0.00578. The first-order valence-corrected chi connectivity index (χ1v) is 40.3. The van der Waals surface area contributed by atoms with E-state index in [1.54, 1.807) is 0 Å². The Hall–Kier alpha value is -11.8. The maximum Gasteiger partial charge on any atom is 0.496 e. The number of hydrogen-bond acceptors (Lipinski definition) is 9. The van der Waals surface area contributed by atoms with Gasteiger partial charge in [0.15, 0.2) is 0 Å². The zero-order chi connectivity index (χ0) is 79.4. The van der Waals surface area contributed by atoms with Crippen LogP contribution in [-0.4, -0.2) is 55.0 Å². The summed E-state index contributed by atoms with van der Waals surface area (Å²) in [6, 6.07) is 110. The van der Waals surface area contributed by atoms with Crippen LogP contribution in [0.5, 0.6) is 0 Å². The standard InChI is InChI=1S/C38H31BO3.C34H29BO3.C32H27BO3/c1-37(2)38(3,4)42-39(41-37)36-30-12-8-7-9-25(30)17-19-31(36)26-15-13-24(14-16-26)29-18-20-34-32(22-29)33-21-27-10-5-6-11-28(27)23-35(33)40-34;1-33(2)34(3,4)38-35(37-33)28-17-26(22-10-6-5-7-11-22)16-27(18-28)25-14-15-31-29(20-25)30-19-23-12-8-9-13-24(23)21-32(30)36-31;1-31(2)32(3,4)36-33(35-31)23-12-7-11-22(17-23)24-13-8-14-26-25(24)15-16-27-28-18-20-9-5-6-10-21(20)19-29(28)34-30(26)27/h5-23H,1-4H3;5-21H,1-4H3;5-19H,1-4H3. The van der Waals surface area contributed by atoms with Crippen LogP contribution in [-0.2, 0) is 27.9 Å². The van der Waals surface area contributed by atoms with Crippen molar-refractivity contribution in [3.63, 3.8) is 0 Å². The van der Waals surface area contributed by atoms with Gasteiger partial charge < -0.3 is 41.2 Å². The molecule has 0 aliphatic carbocycles. The Kier molecular flexibility index (Phi) is 17.3. The molecule has 116 heavy (non-hydrogen) atoms. The highest BCUT2D eigenvalue weighted by Gasteiger charge is 2.54. The van der Waals surface area contributed by atoms with Crippen molar-refractivity contribution in [3.05, 3.63) is 309 Å². The molecule has 0 saturated carbocycles. The topological polar surface area (TPSA) is 94.8 Å². The first-order chi connectivity index (χ1) is 55.8. The van der Waals surface area contributed by atoms with Crippen LogP contribution in [0.15, 0.2) is 323 Å². The van der Waals surface area contributed by atoms with E-state index >= 15 is 0 Å². The molecular formula is C104H87B3O9. The van der Waals surface area contributed by atoms with Crippen molar-refractivity contribution < 1.29 is 41.2 Å². The lowest BCUT2D eigenvalue weighted by Crippen LogP contribution is -2.41. The Labute approximate surface area is 676 Å². The van der Waals surface area contributed by atoms with Gasteiger partial charge in [0.05, 0.1) is 33.6 Å². The number of fused-ring (bicyclic) bond motifs is 15. The highest BCUT2D eigenvalue weighted by molar-refractivity contribution is 6.67. The van der Waals surface area contributed by atoms with Crippen LogP contribution in [0.2, 0.25) is 0 Å². The van der Waals surface area contributed by atoms with Crippen LogP contribution in [0.25, 0.3) is 175 Å². The van der Waals surface area contributed by atoms with Crippen LogP contribution in [0.4, 0.5) is 0 Å². The highest BCUT2D eigenvalue weighted by atomic mass is 16.7. The molecule has 0 atom stereocenters. The van der Waals surface area contributed by atoms with Gasteiger partial charge in [-0.1, -0.05) is 237 Å². The second-order valence-electron chi connectivity index (χ2n) is 34.6. The van der Waals surface area contributed by atoms with Crippen molar-refractivity contribution in [2.45, 2.75) is 117 Å². The van der Waals surface area contributed by atoms with Crippen molar-refractivity contribution in [2.24, 2.45) is 0 Å². The summed E-state index contributed by atoms with van der Waals surface area (Å²) >= 11 is 0. The van der Waals surface area contributed by atoms with Gasteiger partial charge in [-0.3, -0.25) is 0 Å². The Bertz CT molecular complexity index is 7100. The van der Waals surface area contributed by atoms with E-state index in [0.29, 0.717) is 0 Å². The van der Waals surface area contributed by atoms with Gasteiger partial charge in [0, 0.05) is 37.7 Å². The molecule has 22 rings (SSSR count). The molecule has 16 aromatic carbocycles. The summed E-state index contributed by atoms with van der Waals surface area (Å²) in [6.07, 6.45) is 0. The summed E-state index contributed by atoms with van der Waals surface area (Å²) in [6.45, 7) is 25.1. The maximum atomic E-state index is 6.58. The van der Waals surface area contributed by atoms with Gasteiger partial charge in [0.2, 0.25) is 0 Å². The molecule has 12 heteroatoms. The smallest absolute Gasteiger partial charge is 0.456 e. The second-order valence-corrected chi connectivity index (χ2v) is 34.6. The van der Waals surface area contributed by atoms with Crippen LogP contribution in [0.3, 0.4) is 0 Å². The molecule has 0 unspecified atom stereocenters. The van der Waals surface area contributed by atoms with Crippen molar-refractivity contribution >= 4 is 157 Å². The van der Waals surface area contributed by atoms with Gasteiger partial charge in [0.1, 0.15) is 33.5 Å². The molecule has 19 aromatic rings. The van der Waals surface area contributed by atoms with E-state index in [1.807, 2.05) is 6.07 Å². The zero-order valence-electron chi connectivity index (χ0n) is 67.4. The Balaban J connectivity index is 0.000000113. The van der Waals surface area contributed by atoms with Crippen molar-refractivity contribution in [1.82, 2.24) is 0 Å². The molecule has 3 aliphatic heterocycles. The molecule has 3 saturated heterocycles. The van der Waals surface area contributed by atoms with E-state index in [9.17, 15) is 0 Å². The monoisotopic (exact) mass is 1510 g/mol. The Morgan fingerprint density at radius 1 is 0.190 bits per heavy atom. The quantitative estimate of drug-likeness (QED) is 0.138. The summed E-state index contributed by atoms with van der Waals surface area (Å²) < 4.78 is 57.6. The molecule has 9 nitrogen and oxygen atoms in total. The molecule has 0 N–H and O–H groups in total. The number of rotatable bonds is 8. The van der Waals surface area contributed by atoms with Crippen molar-refractivity contribution in [3.8, 4) is 55.6 Å². The largest absolute Gasteiger partial charge is 0.496 e. The molecular weight excluding hydrogens is 1430 g/mol. The summed E-state index contributed by atoms with van der Waals surface area (Å²) in [7, 11) is -1.28. The van der Waals surface area contributed by atoms with Crippen LogP contribution in [0.1, 0.15) is 83.1 Å². The molecule has 3 fully saturated rings. The molecule has 0 radical (unpaired) electrons. The minimum Gasteiger partial charge on any atom is -0.456 e. The minimum absolute atomic E-state index is 0.370. The van der Waals surface area contributed by atoms with Gasteiger partial charge in [0.25, 0.3) is 0 Å². The fourth-order valence-corrected chi connectivity index (χ4v) is 17.0. The molecule has 3 aliphatic rings. The summed E-state index contributed by atoms with van der Waals surface area (Å²) in [5.41, 5.74) is 17.6. The van der Waals surface area contributed by atoms with E-state index in [4.69, 9.17) is 41.2 Å². The molecule has 0 bridgehead atoms. The van der Waals surface area contributed by atoms with E-state index in [1.165, 1.54) is 48.7 Å². The number of benzene rings is 16. The normalized spacial score (nSPS) is 16.6. The third kappa shape index (κ3) is 12.7. The predicted octanol–water partition coefficient (Wildman–Crippen LogP) is 25.8. The third-order valence-corrected chi connectivity index (χ3v) is 25.7.